The summed E-state index contributed by atoms with van der Waals surface area (Å²) in [5.41, 5.74) is 0.675. The number of likely N-dealkylation sites (tertiary alicyclic amines) is 1. The normalized spacial score (nSPS) is 16.8. The molecule has 0 radical (unpaired) electrons. The number of hydrogen-bond acceptors (Lipinski definition) is 8. The fourth-order valence-electron chi connectivity index (χ4n) is 4.35. The number of halogens is 1. The molecule has 1 amide bonds. The Hall–Kier alpha value is -3.99. The Labute approximate surface area is 221 Å². The van der Waals surface area contributed by atoms with E-state index >= 15 is 0 Å². The van der Waals surface area contributed by atoms with E-state index in [1.54, 1.807) is 36.8 Å². The van der Waals surface area contributed by atoms with E-state index in [9.17, 15) is 19.8 Å². The second-order valence-electron chi connectivity index (χ2n) is 8.27. The lowest BCUT2D eigenvalue weighted by Gasteiger charge is -2.26. The number of aromatic nitrogens is 2. The van der Waals surface area contributed by atoms with Gasteiger partial charge in [-0.25, -0.2) is 4.98 Å². The molecule has 11 heteroatoms. The molecule has 10 nitrogen and oxygen atoms in total. The highest BCUT2D eigenvalue weighted by atomic mass is 79.9. The summed E-state index contributed by atoms with van der Waals surface area (Å²) in [6.45, 7) is 0.810. The lowest BCUT2D eigenvalue weighted by atomic mass is 9.94. The topological polar surface area (TPSA) is 123 Å². The largest absolute Gasteiger partial charge is 0.507 e. The first kappa shape index (κ1) is 26.1. The number of aryl methyl sites for hydroxylation is 1. The van der Waals surface area contributed by atoms with Gasteiger partial charge in [-0.05, 0) is 58.2 Å². The van der Waals surface area contributed by atoms with Gasteiger partial charge in [-0.15, -0.1) is 0 Å². The number of carbonyl (C=O) groups is 2. The van der Waals surface area contributed by atoms with Gasteiger partial charge in [0, 0.05) is 31.0 Å². The number of imidazole rings is 1. The maximum atomic E-state index is 13.3. The van der Waals surface area contributed by atoms with Crippen LogP contribution in [0.4, 0.5) is 0 Å². The molecule has 0 aliphatic carbocycles. The van der Waals surface area contributed by atoms with Gasteiger partial charge in [-0.3, -0.25) is 9.59 Å². The molecule has 1 aliphatic rings. The van der Waals surface area contributed by atoms with Crippen molar-refractivity contribution < 1.29 is 34.0 Å². The molecule has 0 bridgehead atoms. The number of Topliss-reactive ketones (excluding diaryl/α,β-unsaturated/α-hetero) is 1. The molecule has 2 heterocycles. The maximum Gasteiger partial charge on any atom is 0.295 e. The predicted octanol–water partition coefficient (Wildman–Crippen LogP) is 3.89. The number of phenols is 1. The van der Waals surface area contributed by atoms with Crippen LogP contribution in [0.2, 0.25) is 0 Å². The number of ether oxygens (including phenoxy) is 3. The Morgan fingerprint density at radius 3 is 2.41 bits per heavy atom. The molecule has 4 rings (SSSR count). The molecule has 37 heavy (non-hydrogen) atoms. The molecule has 1 fully saturated rings. The summed E-state index contributed by atoms with van der Waals surface area (Å²) < 4.78 is 18.1. The molecular formula is C26H26BrN3O7. The number of aliphatic hydroxyl groups is 1. The first-order valence-electron chi connectivity index (χ1n) is 11.3. The van der Waals surface area contributed by atoms with E-state index < -0.39 is 17.7 Å². The molecule has 1 saturated heterocycles. The van der Waals surface area contributed by atoms with Crippen LogP contribution in [-0.4, -0.2) is 64.2 Å². The van der Waals surface area contributed by atoms with Crippen LogP contribution in [0.5, 0.6) is 23.0 Å². The Kier molecular flexibility index (Phi) is 7.72. The molecule has 1 aromatic heterocycles. The third-order valence-corrected chi connectivity index (χ3v) is 6.76. The molecule has 2 aromatic carbocycles. The van der Waals surface area contributed by atoms with Crippen LogP contribution in [0.15, 0.2) is 59.1 Å². The van der Waals surface area contributed by atoms with E-state index in [4.69, 9.17) is 14.2 Å². The van der Waals surface area contributed by atoms with Gasteiger partial charge in [-0.2, -0.15) is 0 Å². The van der Waals surface area contributed by atoms with Crippen LogP contribution < -0.4 is 14.2 Å². The number of carbonyl (C=O) groups excluding carboxylic acids is 2. The molecule has 2 N–H and O–H groups in total. The zero-order chi connectivity index (χ0) is 26.7. The smallest absolute Gasteiger partial charge is 0.295 e. The van der Waals surface area contributed by atoms with Crippen molar-refractivity contribution in [1.82, 2.24) is 14.5 Å². The van der Waals surface area contributed by atoms with Crippen molar-refractivity contribution in [3.63, 3.8) is 0 Å². The van der Waals surface area contributed by atoms with E-state index in [1.165, 1.54) is 32.3 Å². The lowest BCUT2D eigenvalue weighted by molar-refractivity contribution is -0.139. The average Bonchev–Trinajstić information content (AvgIpc) is 3.51. The number of phenolic OH excluding ortho intramolecular Hbond substituents is 1. The number of benzene rings is 2. The summed E-state index contributed by atoms with van der Waals surface area (Å²) in [7, 11) is 4.35. The van der Waals surface area contributed by atoms with Gasteiger partial charge < -0.3 is 33.9 Å². The highest BCUT2D eigenvalue weighted by molar-refractivity contribution is 9.10. The molecule has 1 aliphatic heterocycles. The molecule has 194 valence electrons. The number of aliphatic hydroxyl groups excluding tert-OH is 1. The van der Waals surface area contributed by atoms with Crippen molar-refractivity contribution in [3.8, 4) is 23.0 Å². The van der Waals surface area contributed by atoms with Crippen molar-refractivity contribution in [2.45, 2.75) is 19.0 Å². The predicted molar refractivity (Wildman–Crippen MR) is 138 cm³/mol. The van der Waals surface area contributed by atoms with Gasteiger partial charge >= 0.3 is 0 Å². The maximum absolute atomic E-state index is 13.3. The van der Waals surface area contributed by atoms with Crippen LogP contribution in [0.25, 0.3) is 5.76 Å². The summed E-state index contributed by atoms with van der Waals surface area (Å²) in [5, 5.41) is 21.7. The van der Waals surface area contributed by atoms with Crippen LogP contribution >= 0.6 is 15.9 Å². The summed E-state index contributed by atoms with van der Waals surface area (Å²) in [4.78, 5) is 32.0. The molecule has 0 unspecified atom stereocenters. The quantitative estimate of drug-likeness (QED) is 0.225. The SMILES string of the molecule is COc1ccc(C(O)=C2C(=O)C(=O)N(CCCn3ccnc3)[C@H]2c2cc(Br)c(O)c(OC)c2)cc1OC. The van der Waals surface area contributed by atoms with E-state index in [-0.39, 0.29) is 34.9 Å². The monoisotopic (exact) mass is 571 g/mol. The second-order valence-corrected chi connectivity index (χ2v) is 9.12. The van der Waals surface area contributed by atoms with Gasteiger partial charge in [0.1, 0.15) is 5.76 Å². The van der Waals surface area contributed by atoms with Gasteiger partial charge in [0.05, 0.1) is 43.7 Å². The number of aromatic hydroxyl groups is 1. The fraction of sp³-hybridized carbons (Fsp3) is 0.269. The third-order valence-electron chi connectivity index (χ3n) is 6.16. The minimum atomic E-state index is -0.929. The van der Waals surface area contributed by atoms with E-state index in [0.29, 0.717) is 34.5 Å². The van der Waals surface area contributed by atoms with Crippen molar-refractivity contribution in [3.05, 3.63) is 70.2 Å². The summed E-state index contributed by atoms with van der Waals surface area (Å²) in [5.74, 6) is -1.08. The number of nitrogens with zero attached hydrogens (tertiary/aromatic N) is 3. The summed E-state index contributed by atoms with van der Waals surface area (Å²) >= 11 is 3.31. The number of hydrogen-bond donors (Lipinski definition) is 2. The zero-order valence-corrected chi connectivity index (χ0v) is 22.1. The minimum absolute atomic E-state index is 0.0838. The summed E-state index contributed by atoms with van der Waals surface area (Å²) in [6, 6.07) is 6.92. The molecule has 3 aromatic rings. The minimum Gasteiger partial charge on any atom is -0.507 e. The first-order valence-corrected chi connectivity index (χ1v) is 12.1. The van der Waals surface area contributed by atoms with Crippen molar-refractivity contribution >= 4 is 33.4 Å². The van der Waals surface area contributed by atoms with Gasteiger partial charge in [0.2, 0.25) is 0 Å². The van der Waals surface area contributed by atoms with Gasteiger partial charge in [0.15, 0.2) is 23.0 Å². The molecule has 1 atom stereocenters. The second kappa shape index (κ2) is 11.0. The summed E-state index contributed by atoms with van der Waals surface area (Å²) in [6.07, 6.45) is 5.68. The first-order chi connectivity index (χ1) is 17.8. The zero-order valence-electron chi connectivity index (χ0n) is 20.5. The Morgan fingerprint density at radius 2 is 1.76 bits per heavy atom. The Bertz CT molecular complexity index is 1350. The molecular weight excluding hydrogens is 546 g/mol. The van der Waals surface area contributed by atoms with E-state index in [2.05, 4.69) is 20.9 Å². The van der Waals surface area contributed by atoms with Crippen LogP contribution in [0.1, 0.15) is 23.6 Å². The fourth-order valence-corrected chi connectivity index (χ4v) is 4.81. The van der Waals surface area contributed by atoms with E-state index in [1.807, 2.05) is 10.8 Å². The third kappa shape index (κ3) is 4.99. The number of rotatable bonds is 9. The van der Waals surface area contributed by atoms with Crippen LogP contribution in [-0.2, 0) is 16.1 Å². The Morgan fingerprint density at radius 1 is 1.03 bits per heavy atom. The number of amides is 1. The van der Waals surface area contributed by atoms with Crippen molar-refractivity contribution in [1.29, 1.82) is 0 Å². The Balaban J connectivity index is 1.83. The molecule has 0 spiro atoms. The molecule has 0 saturated carbocycles. The van der Waals surface area contributed by atoms with Crippen LogP contribution in [0, 0.1) is 0 Å². The lowest BCUT2D eigenvalue weighted by Crippen LogP contribution is -2.31. The highest BCUT2D eigenvalue weighted by Gasteiger charge is 2.46. The number of ketones is 1. The van der Waals surface area contributed by atoms with Crippen molar-refractivity contribution in [2.75, 3.05) is 27.9 Å². The van der Waals surface area contributed by atoms with E-state index in [0.717, 1.165) is 0 Å². The average molecular weight is 572 g/mol. The standard InChI is InChI=1S/C26H26BrN3O7/c1-35-18-6-5-15(12-19(18)36-2)23(31)21-22(16-11-17(27)24(32)20(13-16)37-3)30(26(34)25(21)33)9-4-8-29-10-7-28-14-29/h5-7,10-14,22,31-32H,4,8-9H2,1-3H3/t22-/m0/s1. The number of methoxy groups -OCH3 is 3. The van der Waals surface area contributed by atoms with Gasteiger partial charge in [-0.1, -0.05) is 0 Å². The van der Waals surface area contributed by atoms with Crippen molar-refractivity contribution in [2.24, 2.45) is 0 Å². The van der Waals surface area contributed by atoms with Gasteiger partial charge in [0.25, 0.3) is 11.7 Å². The van der Waals surface area contributed by atoms with Crippen LogP contribution in [0.3, 0.4) is 0 Å². The highest BCUT2D eigenvalue weighted by Crippen LogP contribution is 2.45.